The van der Waals surface area contributed by atoms with E-state index < -0.39 is 0 Å². The first-order valence-electron chi connectivity index (χ1n) is 9.74. The highest BCUT2D eigenvalue weighted by Gasteiger charge is 2.09. The van der Waals surface area contributed by atoms with E-state index in [0.717, 1.165) is 5.56 Å². The summed E-state index contributed by atoms with van der Waals surface area (Å²) in [5.41, 5.74) is 9.31. The average Bonchev–Trinajstić information content (AvgIpc) is 2.81. The van der Waals surface area contributed by atoms with Gasteiger partial charge in [0.15, 0.2) is 0 Å². The molecular weight excluding hydrogens is 390 g/mol. The van der Waals surface area contributed by atoms with Crippen LogP contribution in [0.4, 0.5) is 17.1 Å². The number of anilines is 3. The molecule has 0 aliphatic carbocycles. The normalized spacial score (nSPS) is 10.5. The number of carbonyl (C=O) groups is 1. The van der Waals surface area contributed by atoms with Crippen LogP contribution < -0.4 is 21.9 Å². The van der Waals surface area contributed by atoms with Gasteiger partial charge < -0.3 is 16.4 Å². The van der Waals surface area contributed by atoms with Crippen molar-refractivity contribution in [2.75, 3.05) is 16.4 Å². The van der Waals surface area contributed by atoms with Crippen LogP contribution in [0.1, 0.15) is 15.9 Å². The van der Waals surface area contributed by atoms with Crippen LogP contribution in [-0.4, -0.2) is 15.7 Å². The van der Waals surface area contributed by atoms with Crippen LogP contribution in [0, 0.1) is 0 Å². The Morgan fingerprint density at radius 3 is 2.32 bits per heavy atom. The van der Waals surface area contributed by atoms with E-state index in [4.69, 9.17) is 5.73 Å². The topological polar surface area (TPSA) is 102 Å². The smallest absolute Gasteiger partial charge is 0.294 e. The zero-order valence-corrected chi connectivity index (χ0v) is 16.7. The molecule has 1 aromatic heterocycles. The standard InChI is InChI=1S/C24H21N5O2/c25-20-8-4-5-9-21(20)28-23(30)18-12-10-17(11-13-18)16-26-22-14-15-27-29(24(22)31)19-6-2-1-3-7-19/h1-15,26H,16,25H2,(H,28,30). The summed E-state index contributed by atoms with van der Waals surface area (Å²) in [5.74, 6) is -0.239. The minimum absolute atomic E-state index is 0.231. The van der Waals surface area contributed by atoms with Crippen molar-refractivity contribution in [1.82, 2.24) is 9.78 Å². The molecule has 0 bridgehead atoms. The summed E-state index contributed by atoms with van der Waals surface area (Å²) in [6.07, 6.45) is 1.58. The van der Waals surface area contributed by atoms with E-state index in [0.29, 0.717) is 34.9 Å². The number of nitrogens with zero attached hydrogens (tertiary/aromatic N) is 2. The first-order valence-corrected chi connectivity index (χ1v) is 9.74. The van der Waals surface area contributed by atoms with Gasteiger partial charge in [-0.05, 0) is 48.0 Å². The largest absolute Gasteiger partial charge is 0.397 e. The van der Waals surface area contributed by atoms with Crippen molar-refractivity contribution < 1.29 is 4.79 Å². The van der Waals surface area contributed by atoms with Crippen LogP contribution in [0.25, 0.3) is 5.69 Å². The van der Waals surface area contributed by atoms with Crippen molar-refractivity contribution in [2.24, 2.45) is 0 Å². The summed E-state index contributed by atoms with van der Waals surface area (Å²) in [6.45, 7) is 0.432. The Morgan fingerprint density at radius 2 is 1.58 bits per heavy atom. The lowest BCUT2D eigenvalue weighted by Gasteiger charge is -2.10. The highest BCUT2D eigenvalue weighted by atomic mass is 16.1. The summed E-state index contributed by atoms with van der Waals surface area (Å²) >= 11 is 0. The van der Waals surface area contributed by atoms with Gasteiger partial charge in [0, 0.05) is 12.1 Å². The average molecular weight is 411 g/mol. The van der Waals surface area contributed by atoms with Gasteiger partial charge in [0.05, 0.1) is 23.3 Å². The zero-order chi connectivity index (χ0) is 21.6. The number of aromatic nitrogens is 2. The second-order valence-corrected chi connectivity index (χ2v) is 6.89. The quantitative estimate of drug-likeness (QED) is 0.420. The highest BCUT2D eigenvalue weighted by Crippen LogP contribution is 2.18. The molecule has 7 nitrogen and oxygen atoms in total. The number of nitrogen functional groups attached to an aromatic ring is 1. The third-order valence-electron chi connectivity index (χ3n) is 4.75. The van der Waals surface area contributed by atoms with Crippen molar-refractivity contribution in [2.45, 2.75) is 6.54 Å². The second-order valence-electron chi connectivity index (χ2n) is 6.89. The third kappa shape index (κ3) is 4.62. The number of carbonyl (C=O) groups excluding carboxylic acids is 1. The fourth-order valence-electron chi connectivity index (χ4n) is 3.08. The van der Waals surface area contributed by atoms with Crippen LogP contribution in [0.15, 0.2) is 95.9 Å². The maximum atomic E-state index is 12.7. The van der Waals surface area contributed by atoms with Gasteiger partial charge in [-0.3, -0.25) is 9.59 Å². The van der Waals surface area contributed by atoms with E-state index in [-0.39, 0.29) is 11.5 Å². The first kappa shape index (κ1) is 19.9. The van der Waals surface area contributed by atoms with E-state index in [2.05, 4.69) is 15.7 Å². The molecule has 0 saturated heterocycles. The molecular formula is C24H21N5O2. The summed E-state index contributed by atoms with van der Waals surface area (Å²) < 4.78 is 1.35. The molecule has 0 fully saturated rings. The number of hydrogen-bond donors (Lipinski definition) is 3. The highest BCUT2D eigenvalue weighted by molar-refractivity contribution is 6.05. The Kier molecular flexibility index (Phi) is 5.75. The molecule has 0 atom stereocenters. The number of hydrogen-bond acceptors (Lipinski definition) is 5. The van der Waals surface area contributed by atoms with Crippen molar-refractivity contribution in [3.8, 4) is 5.69 Å². The SMILES string of the molecule is Nc1ccccc1NC(=O)c1ccc(CNc2ccnn(-c3ccccc3)c2=O)cc1. The number of rotatable bonds is 6. The predicted molar refractivity (Wildman–Crippen MR) is 122 cm³/mol. The Labute approximate surface area is 179 Å². The van der Waals surface area contributed by atoms with Crippen molar-refractivity contribution in [1.29, 1.82) is 0 Å². The van der Waals surface area contributed by atoms with E-state index in [9.17, 15) is 9.59 Å². The Balaban J connectivity index is 1.43. The molecule has 4 rings (SSSR count). The molecule has 0 unspecified atom stereocenters. The molecule has 7 heteroatoms. The van der Waals surface area contributed by atoms with E-state index in [1.165, 1.54) is 4.68 Å². The molecule has 1 amide bonds. The molecule has 0 saturated carbocycles. The molecule has 154 valence electrons. The van der Waals surface area contributed by atoms with Gasteiger partial charge in [0.1, 0.15) is 5.69 Å². The fourth-order valence-corrected chi connectivity index (χ4v) is 3.08. The molecule has 4 aromatic rings. The lowest BCUT2D eigenvalue weighted by Crippen LogP contribution is -2.24. The number of amides is 1. The maximum absolute atomic E-state index is 12.7. The Bertz CT molecular complexity index is 1250. The van der Waals surface area contributed by atoms with Crippen molar-refractivity contribution in [3.63, 3.8) is 0 Å². The van der Waals surface area contributed by atoms with Crippen LogP contribution in [-0.2, 0) is 6.54 Å². The Hall–Kier alpha value is -4.39. The minimum atomic E-state index is -0.239. The lowest BCUT2D eigenvalue weighted by atomic mass is 10.1. The van der Waals surface area contributed by atoms with Gasteiger partial charge in [-0.1, -0.05) is 42.5 Å². The molecule has 0 aliphatic rings. The second kappa shape index (κ2) is 8.96. The molecule has 1 heterocycles. The van der Waals surface area contributed by atoms with Crippen LogP contribution in [0.5, 0.6) is 0 Å². The lowest BCUT2D eigenvalue weighted by molar-refractivity contribution is 0.102. The molecule has 3 aromatic carbocycles. The summed E-state index contributed by atoms with van der Waals surface area (Å²) in [6, 6.07) is 25.1. The summed E-state index contributed by atoms with van der Waals surface area (Å²) in [7, 11) is 0. The van der Waals surface area contributed by atoms with E-state index >= 15 is 0 Å². The zero-order valence-electron chi connectivity index (χ0n) is 16.7. The molecule has 0 radical (unpaired) electrons. The van der Waals surface area contributed by atoms with Gasteiger partial charge in [-0.25, -0.2) is 0 Å². The number of para-hydroxylation sites is 3. The van der Waals surface area contributed by atoms with Crippen molar-refractivity contribution >= 4 is 23.0 Å². The summed E-state index contributed by atoms with van der Waals surface area (Å²) in [4.78, 5) is 25.2. The predicted octanol–water partition coefficient (Wildman–Crippen LogP) is 3.68. The molecule has 31 heavy (non-hydrogen) atoms. The van der Waals surface area contributed by atoms with Gasteiger partial charge in [-0.15, -0.1) is 0 Å². The fraction of sp³-hybridized carbons (Fsp3) is 0.0417. The number of benzene rings is 3. The first-order chi connectivity index (χ1) is 15.1. The number of nitrogens with two attached hydrogens (primary N) is 1. The van der Waals surface area contributed by atoms with Crippen LogP contribution >= 0.6 is 0 Å². The van der Waals surface area contributed by atoms with Crippen LogP contribution in [0.2, 0.25) is 0 Å². The summed E-state index contributed by atoms with van der Waals surface area (Å²) in [5, 5.41) is 10.1. The third-order valence-corrected chi connectivity index (χ3v) is 4.75. The van der Waals surface area contributed by atoms with E-state index in [1.807, 2.05) is 54.6 Å². The number of nitrogens with one attached hydrogen (secondary N) is 2. The molecule has 0 aliphatic heterocycles. The van der Waals surface area contributed by atoms with Crippen molar-refractivity contribution in [3.05, 3.63) is 113 Å². The van der Waals surface area contributed by atoms with Gasteiger partial charge in [-0.2, -0.15) is 9.78 Å². The van der Waals surface area contributed by atoms with E-state index in [1.54, 1.807) is 36.5 Å². The van der Waals surface area contributed by atoms with Crippen LogP contribution in [0.3, 0.4) is 0 Å². The Morgan fingerprint density at radius 1 is 0.871 bits per heavy atom. The van der Waals surface area contributed by atoms with Gasteiger partial charge in [0.25, 0.3) is 11.5 Å². The molecule has 4 N–H and O–H groups in total. The minimum Gasteiger partial charge on any atom is -0.397 e. The monoisotopic (exact) mass is 411 g/mol. The maximum Gasteiger partial charge on any atom is 0.294 e. The van der Waals surface area contributed by atoms with Gasteiger partial charge >= 0.3 is 0 Å². The van der Waals surface area contributed by atoms with Gasteiger partial charge in [0.2, 0.25) is 0 Å². The molecule has 0 spiro atoms.